The third kappa shape index (κ3) is 5.05. The minimum atomic E-state index is -0.900. The van der Waals surface area contributed by atoms with Gasteiger partial charge in [0.05, 0.1) is 5.56 Å². The zero-order valence-corrected chi connectivity index (χ0v) is 15.1. The maximum Gasteiger partial charge on any atom is 0.339 e. The molecule has 3 rings (SSSR count). The number of hydrogen-bond donors (Lipinski definition) is 1. The van der Waals surface area contributed by atoms with Crippen molar-refractivity contribution in [1.29, 1.82) is 0 Å². The van der Waals surface area contributed by atoms with Crippen molar-refractivity contribution in [2.75, 3.05) is 5.32 Å². The first-order valence-electron chi connectivity index (χ1n) is 8.82. The number of nitrogens with one attached hydrogen (secondary N) is 1. The first-order valence-corrected chi connectivity index (χ1v) is 8.82. The Morgan fingerprint density at radius 3 is 2.15 bits per heavy atom. The Kier molecular flexibility index (Phi) is 6.00. The van der Waals surface area contributed by atoms with Gasteiger partial charge in [0.1, 0.15) is 0 Å². The van der Waals surface area contributed by atoms with Crippen LogP contribution in [-0.2, 0) is 16.0 Å². The second-order valence-corrected chi connectivity index (χ2v) is 6.22. The molecule has 0 radical (unpaired) electrons. The summed E-state index contributed by atoms with van der Waals surface area (Å²) in [4.78, 5) is 24.9. The molecular weight excluding hydrogens is 338 g/mol. The van der Waals surface area contributed by atoms with Crippen LogP contribution in [-0.4, -0.2) is 18.0 Å². The highest BCUT2D eigenvalue weighted by molar-refractivity contribution is 5.97. The average molecular weight is 359 g/mol. The number of carbonyl (C=O) groups excluding carboxylic acids is 2. The molecule has 0 spiro atoms. The maximum absolute atomic E-state index is 12.6. The Hall–Kier alpha value is -3.40. The fourth-order valence-corrected chi connectivity index (χ4v) is 2.73. The van der Waals surface area contributed by atoms with E-state index in [0.717, 1.165) is 11.1 Å². The second kappa shape index (κ2) is 8.81. The van der Waals surface area contributed by atoms with E-state index in [0.29, 0.717) is 17.7 Å². The Balaban J connectivity index is 1.68. The number of anilines is 1. The van der Waals surface area contributed by atoms with E-state index in [9.17, 15) is 9.59 Å². The SMILES string of the molecule is C[C@@H](OC(=O)c1ccccc1Cc1ccccc1)C(=O)Nc1ccccc1. The molecule has 27 heavy (non-hydrogen) atoms. The molecular formula is C23H21NO3. The van der Waals surface area contributed by atoms with Crippen LogP contribution in [0.5, 0.6) is 0 Å². The molecule has 0 aliphatic carbocycles. The topological polar surface area (TPSA) is 55.4 Å². The average Bonchev–Trinajstić information content (AvgIpc) is 2.70. The monoisotopic (exact) mass is 359 g/mol. The molecule has 3 aromatic rings. The van der Waals surface area contributed by atoms with Gasteiger partial charge < -0.3 is 10.1 Å². The predicted molar refractivity (Wildman–Crippen MR) is 106 cm³/mol. The number of carbonyl (C=O) groups is 2. The summed E-state index contributed by atoms with van der Waals surface area (Å²) >= 11 is 0. The van der Waals surface area contributed by atoms with Crippen LogP contribution in [0, 0.1) is 0 Å². The van der Waals surface area contributed by atoms with Crippen molar-refractivity contribution in [3.8, 4) is 0 Å². The molecule has 0 unspecified atom stereocenters. The highest BCUT2D eigenvalue weighted by Crippen LogP contribution is 2.16. The summed E-state index contributed by atoms with van der Waals surface area (Å²) in [6, 6.07) is 26.3. The Morgan fingerprint density at radius 2 is 1.44 bits per heavy atom. The summed E-state index contributed by atoms with van der Waals surface area (Å²) in [6.07, 6.45) is -0.279. The van der Waals surface area contributed by atoms with Crippen molar-refractivity contribution in [1.82, 2.24) is 0 Å². The fourth-order valence-electron chi connectivity index (χ4n) is 2.73. The lowest BCUT2D eigenvalue weighted by atomic mass is 10.00. The van der Waals surface area contributed by atoms with Gasteiger partial charge in [0.15, 0.2) is 6.10 Å². The van der Waals surface area contributed by atoms with Crippen LogP contribution in [0.2, 0.25) is 0 Å². The van der Waals surface area contributed by atoms with Gasteiger partial charge in [-0.05, 0) is 42.7 Å². The lowest BCUT2D eigenvalue weighted by Crippen LogP contribution is -2.30. The number of rotatable bonds is 6. The Labute approximate surface area is 158 Å². The minimum absolute atomic E-state index is 0.366. The molecule has 1 amide bonds. The third-order valence-corrected chi connectivity index (χ3v) is 4.17. The quantitative estimate of drug-likeness (QED) is 0.661. The highest BCUT2D eigenvalue weighted by Gasteiger charge is 2.20. The smallest absolute Gasteiger partial charge is 0.339 e. The van der Waals surface area contributed by atoms with Crippen LogP contribution in [0.1, 0.15) is 28.4 Å². The molecule has 1 N–H and O–H groups in total. The van der Waals surface area contributed by atoms with Gasteiger partial charge >= 0.3 is 5.97 Å². The Morgan fingerprint density at radius 1 is 0.852 bits per heavy atom. The first-order chi connectivity index (χ1) is 13.1. The van der Waals surface area contributed by atoms with E-state index in [-0.39, 0.29) is 5.91 Å². The van der Waals surface area contributed by atoms with Crippen molar-refractivity contribution in [2.45, 2.75) is 19.4 Å². The van der Waals surface area contributed by atoms with Crippen LogP contribution >= 0.6 is 0 Å². The van der Waals surface area contributed by atoms with Gasteiger partial charge in [-0.15, -0.1) is 0 Å². The van der Waals surface area contributed by atoms with Crippen molar-refractivity contribution >= 4 is 17.6 Å². The molecule has 4 heteroatoms. The summed E-state index contributed by atoms with van der Waals surface area (Å²) in [5.41, 5.74) is 3.10. The van der Waals surface area contributed by atoms with E-state index in [2.05, 4.69) is 5.32 Å². The summed E-state index contributed by atoms with van der Waals surface area (Å²) < 4.78 is 5.40. The molecule has 0 aromatic heterocycles. The van der Waals surface area contributed by atoms with E-state index in [4.69, 9.17) is 4.74 Å². The standard InChI is InChI=1S/C23H21NO3/c1-17(22(25)24-20-13-6-3-7-14-20)27-23(26)21-15-9-8-12-19(21)16-18-10-4-2-5-11-18/h2-15,17H,16H2,1H3,(H,24,25)/t17-/m1/s1. The number of ether oxygens (including phenoxy) is 1. The van der Waals surface area contributed by atoms with E-state index in [1.165, 1.54) is 0 Å². The van der Waals surface area contributed by atoms with E-state index >= 15 is 0 Å². The number of benzene rings is 3. The van der Waals surface area contributed by atoms with Gasteiger partial charge in [0.2, 0.25) is 0 Å². The minimum Gasteiger partial charge on any atom is -0.449 e. The highest BCUT2D eigenvalue weighted by atomic mass is 16.5. The summed E-state index contributed by atoms with van der Waals surface area (Å²) in [7, 11) is 0. The Bertz CT molecular complexity index is 907. The summed E-state index contributed by atoms with van der Waals surface area (Å²) in [5.74, 6) is -0.868. The van der Waals surface area contributed by atoms with Crippen molar-refractivity contribution < 1.29 is 14.3 Å². The zero-order chi connectivity index (χ0) is 19.1. The molecule has 0 heterocycles. The van der Waals surface area contributed by atoms with Gasteiger partial charge in [0.25, 0.3) is 5.91 Å². The molecule has 0 bridgehead atoms. The zero-order valence-electron chi connectivity index (χ0n) is 15.1. The van der Waals surface area contributed by atoms with Gasteiger partial charge in [-0.2, -0.15) is 0 Å². The van der Waals surface area contributed by atoms with Crippen LogP contribution in [0.15, 0.2) is 84.9 Å². The van der Waals surface area contributed by atoms with E-state index in [1.54, 1.807) is 31.2 Å². The van der Waals surface area contributed by atoms with Gasteiger partial charge in [-0.25, -0.2) is 4.79 Å². The molecule has 0 saturated carbocycles. The van der Waals surface area contributed by atoms with Gasteiger partial charge in [-0.1, -0.05) is 66.7 Å². The number of amides is 1. The summed E-state index contributed by atoms with van der Waals surface area (Å²) in [6.45, 7) is 1.57. The molecule has 136 valence electrons. The van der Waals surface area contributed by atoms with Crippen LogP contribution in [0.3, 0.4) is 0 Å². The normalized spacial score (nSPS) is 11.4. The molecule has 0 aliphatic heterocycles. The van der Waals surface area contributed by atoms with E-state index < -0.39 is 12.1 Å². The third-order valence-electron chi connectivity index (χ3n) is 4.17. The van der Waals surface area contributed by atoms with Crippen LogP contribution in [0.25, 0.3) is 0 Å². The van der Waals surface area contributed by atoms with Gasteiger partial charge in [0, 0.05) is 5.69 Å². The molecule has 3 aromatic carbocycles. The number of para-hydroxylation sites is 1. The molecule has 4 nitrogen and oxygen atoms in total. The van der Waals surface area contributed by atoms with Gasteiger partial charge in [-0.3, -0.25) is 4.79 Å². The van der Waals surface area contributed by atoms with Crippen molar-refractivity contribution in [2.24, 2.45) is 0 Å². The van der Waals surface area contributed by atoms with Crippen LogP contribution < -0.4 is 5.32 Å². The molecule has 0 aliphatic rings. The largest absolute Gasteiger partial charge is 0.449 e. The molecule has 1 atom stereocenters. The molecule has 0 saturated heterocycles. The summed E-state index contributed by atoms with van der Waals surface area (Å²) in [5, 5.41) is 2.74. The lowest BCUT2D eigenvalue weighted by molar-refractivity contribution is -0.123. The first kappa shape index (κ1) is 18.4. The molecule has 0 fully saturated rings. The maximum atomic E-state index is 12.6. The lowest BCUT2D eigenvalue weighted by Gasteiger charge is -2.15. The van der Waals surface area contributed by atoms with Crippen molar-refractivity contribution in [3.05, 3.63) is 102 Å². The fraction of sp³-hybridized carbons (Fsp3) is 0.130. The van der Waals surface area contributed by atoms with Crippen LogP contribution in [0.4, 0.5) is 5.69 Å². The number of hydrogen-bond acceptors (Lipinski definition) is 3. The predicted octanol–water partition coefficient (Wildman–Crippen LogP) is 4.46. The second-order valence-electron chi connectivity index (χ2n) is 6.22. The van der Waals surface area contributed by atoms with E-state index in [1.807, 2.05) is 60.7 Å². The number of esters is 1. The van der Waals surface area contributed by atoms with Crippen molar-refractivity contribution in [3.63, 3.8) is 0 Å².